The van der Waals surface area contributed by atoms with Gasteiger partial charge in [-0.05, 0) is 42.5 Å². The lowest BCUT2D eigenvalue weighted by molar-refractivity contribution is 0.112. The minimum absolute atomic E-state index is 0.678. The third kappa shape index (κ3) is 1.14. The first-order chi connectivity index (χ1) is 5.81. The van der Waals surface area contributed by atoms with Crippen molar-refractivity contribution in [2.45, 2.75) is 19.3 Å². The average Bonchev–Trinajstić information content (AvgIpc) is 2.50. The molecule has 0 atom stereocenters. The van der Waals surface area contributed by atoms with Gasteiger partial charge in [0.15, 0.2) is 0 Å². The fraction of sp³-hybridized carbons (Fsp3) is 0.300. The van der Waals surface area contributed by atoms with Gasteiger partial charge in [-0.1, -0.05) is 11.6 Å². The van der Waals surface area contributed by atoms with Crippen LogP contribution in [-0.2, 0) is 12.8 Å². The number of carbonyl (C=O) groups excluding carboxylic acids is 1. The summed E-state index contributed by atoms with van der Waals surface area (Å²) in [5, 5.41) is 0.678. The van der Waals surface area contributed by atoms with Crippen LogP contribution in [0.3, 0.4) is 0 Å². The van der Waals surface area contributed by atoms with Crippen LogP contribution in [0.4, 0.5) is 0 Å². The van der Waals surface area contributed by atoms with Gasteiger partial charge in [-0.15, -0.1) is 0 Å². The Bertz CT molecular complexity index is 331. The van der Waals surface area contributed by atoms with E-state index in [1.165, 1.54) is 11.1 Å². The van der Waals surface area contributed by atoms with Crippen LogP contribution in [0.5, 0.6) is 0 Å². The third-order valence-corrected chi connectivity index (χ3v) is 2.56. The quantitative estimate of drug-likeness (QED) is 0.608. The normalized spacial score (nSPS) is 14.4. The van der Waals surface area contributed by atoms with Gasteiger partial charge in [-0.25, -0.2) is 0 Å². The Balaban J connectivity index is 2.62. The molecule has 2 rings (SSSR count). The Kier molecular flexibility index (Phi) is 1.89. The lowest BCUT2D eigenvalue weighted by Crippen LogP contribution is -1.91. The Morgan fingerprint density at radius 3 is 2.92 bits per heavy atom. The molecule has 0 heterocycles. The molecule has 12 heavy (non-hydrogen) atoms. The summed E-state index contributed by atoms with van der Waals surface area (Å²) < 4.78 is 0. The zero-order valence-corrected chi connectivity index (χ0v) is 7.40. The molecule has 0 amide bonds. The van der Waals surface area contributed by atoms with E-state index in [0.717, 1.165) is 31.1 Å². The zero-order valence-electron chi connectivity index (χ0n) is 6.64. The Morgan fingerprint density at radius 2 is 2.17 bits per heavy atom. The van der Waals surface area contributed by atoms with Crippen molar-refractivity contribution < 1.29 is 4.79 Å². The number of aryl methyl sites for hydroxylation is 1. The maximum Gasteiger partial charge on any atom is 0.150 e. The highest BCUT2D eigenvalue weighted by molar-refractivity contribution is 6.31. The van der Waals surface area contributed by atoms with Gasteiger partial charge >= 0.3 is 0 Å². The minimum Gasteiger partial charge on any atom is -0.298 e. The minimum atomic E-state index is 0.678. The summed E-state index contributed by atoms with van der Waals surface area (Å²) in [4.78, 5) is 10.7. The molecule has 0 aromatic heterocycles. The van der Waals surface area contributed by atoms with E-state index < -0.39 is 0 Å². The van der Waals surface area contributed by atoms with Crippen molar-refractivity contribution in [1.29, 1.82) is 0 Å². The van der Waals surface area contributed by atoms with Crippen LogP contribution in [0.2, 0.25) is 5.02 Å². The van der Waals surface area contributed by atoms with Gasteiger partial charge in [0.25, 0.3) is 0 Å². The van der Waals surface area contributed by atoms with Gasteiger partial charge in [-0.2, -0.15) is 0 Å². The molecular weight excluding hydrogens is 172 g/mol. The molecular formula is C10H9ClO. The summed E-state index contributed by atoms with van der Waals surface area (Å²) in [7, 11) is 0. The summed E-state index contributed by atoms with van der Waals surface area (Å²) in [6.45, 7) is 0. The van der Waals surface area contributed by atoms with E-state index in [9.17, 15) is 4.79 Å². The summed E-state index contributed by atoms with van der Waals surface area (Å²) in [5.41, 5.74) is 3.23. The van der Waals surface area contributed by atoms with Crippen molar-refractivity contribution in [1.82, 2.24) is 0 Å². The summed E-state index contributed by atoms with van der Waals surface area (Å²) in [5.74, 6) is 0. The van der Waals surface area contributed by atoms with Crippen LogP contribution in [0.1, 0.15) is 27.9 Å². The molecule has 0 saturated heterocycles. The van der Waals surface area contributed by atoms with Crippen LogP contribution in [0, 0.1) is 0 Å². The summed E-state index contributed by atoms with van der Waals surface area (Å²) >= 11 is 5.85. The van der Waals surface area contributed by atoms with Crippen LogP contribution in [0.15, 0.2) is 12.1 Å². The van der Waals surface area contributed by atoms with Crippen molar-refractivity contribution in [3.8, 4) is 0 Å². The van der Waals surface area contributed by atoms with Gasteiger partial charge in [0.2, 0.25) is 0 Å². The first-order valence-electron chi connectivity index (χ1n) is 4.08. The highest BCUT2D eigenvalue weighted by atomic mass is 35.5. The van der Waals surface area contributed by atoms with E-state index in [1.54, 1.807) is 6.07 Å². The number of hydrogen-bond acceptors (Lipinski definition) is 1. The van der Waals surface area contributed by atoms with Gasteiger partial charge in [0.05, 0.1) is 0 Å². The van der Waals surface area contributed by atoms with Gasteiger partial charge in [0.1, 0.15) is 6.29 Å². The molecule has 0 spiro atoms. The molecule has 2 heteroatoms. The topological polar surface area (TPSA) is 17.1 Å². The molecule has 0 unspecified atom stereocenters. The van der Waals surface area contributed by atoms with Crippen LogP contribution < -0.4 is 0 Å². The molecule has 0 saturated carbocycles. The smallest absolute Gasteiger partial charge is 0.150 e. The summed E-state index contributed by atoms with van der Waals surface area (Å²) in [6, 6.07) is 3.72. The van der Waals surface area contributed by atoms with E-state index in [4.69, 9.17) is 11.6 Å². The number of carbonyl (C=O) groups is 1. The molecule has 1 aliphatic carbocycles. The molecule has 0 radical (unpaired) electrons. The number of hydrogen-bond donors (Lipinski definition) is 0. The van der Waals surface area contributed by atoms with E-state index in [1.807, 2.05) is 6.07 Å². The van der Waals surface area contributed by atoms with Crippen molar-refractivity contribution >= 4 is 17.9 Å². The van der Waals surface area contributed by atoms with E-state index in [2.05, 4.69) is 0 Å². The SMILES string of the molecule is O=Cc1cc(Cl)cc2c1CCC2. The second-order valence-corrected chi connectivity index (χ2v) is 3.54. The third-order valence-electron chi connectivity index (χ3n) is 2.34. The zero-order chi connectivity index (χ0) is 8.55. The van der Waals surface area contributed by atoms with Crippen LogP contribution in [-0.4, -0.2) is 6.29 Å². The van der Waals surface area contributed by atoms with Crippen LogP contribution in [0.25, 0.3) is 0 Å². The van der Waals surface area contributed by atoms with E-state index in [0.29, 0.717) is 5.02 Å². The maximum atomic E-state index is 10.7. The number of fused-ring (bicyclic) bond motifs is 1. The average molecular weight is 181 g/mol. The standard InChI is InChI=1S/C10H9ClO/c11-9-4-7-2-1-3-10(7)8(5-9)6-12/h4-6H,1-3H2. The predicted octanol–water partition coefficient (Wildman–Crippen LogP) is 2.64. The Hall–Kier alpha value is -0.820. The number of benzene rings is 1. The highest BCUT2D eigenvalue weighted by Crippen LogP contribution is 2.27. The van der Waals surface area contributed by atoms with Crippen molar-refractivity contribution in [2.24, 2.45) is 0 Å². The van der Waals surface area contributed by atoms with Gasteiger partial charge in [-0.3, -0.25) is 4.79 Å². The molecule has 0 bridgehead atoms. The fourth-order valence-corrected chi connectivity index (χ4v) is 2.05. The molecule has 0 aliphatic heterocycles. The molecule has 0 fully saturated rings. The second kappa shape index (κ2) is 2.91. The molecule has 0 N–H and O–H groups in total. The molecule has 1 nitrogen and oxygen atoms in total. The molecule has 1 aliphatic rings. The maximum absolute atomic E-state index is 10.7. The predicted molar refractivity (Wildman–Crippen MR) is 48.9 cm³/mol. The Morgan fingerprint density at radius 1 is 1.33 bits per heavy atom. The molecule has 1 aromatic rings. The lowest BCUT2D eigenvalue weighted by atomic mass is 10.0. The van der Waals surface area contributed by atoms with Crippen molar-refractivity contribution in [2.75, 3.05) is 0 Å². The van der Waals surface area contributed by atoms with Gasteiger partial charge < -0.3 is 0 Å². The van der Waals surface area contributed by atoms with E-state index >= 15 is 0 Å². The number of rotatable bonds is 1. The number of aldehydes is 1. The lowest BCUT2D eigenvalue weighted by Gasteiger charge is -2.02. The first kappa shape index (κ1) is 7.81. The van der Waals surface area contributed by atoms with E-state index in [-0.39, 0.29) is 0 Å². The van der Waals surface area contributed by atoms with Crippen molar-refractivity contribution in [3.05, 3.63) is 33.8 Å². The van der Waals surface area contributed by atoms with Gasteiger partial charge in [0, 0.05) is 10.6 Å². The fourth-order valence-electron chi connectivity index (χ4n) is 1.81. The number of halogens is 1. The first-order valence-corrected chi connectivity index (χ1v) is 4.45. The van der Waals surface area contributed by atoms with Crippen molar-refractivity contribution in [3.63, 3.8) is 0 Å². The highest BCUT2D eigenvalue weighted by Gasteiger charge is 2.14. The largest absolute Gasteiger partial charge is 0.298 e. The molecule has 62 valence electrons. The van der Waals surface area contributed by atoms with Crippen LogP contribution >= 0.6 is 11.6 Å². The second-order valence-electron chi connectivity index (χ2n) is 3.10. The monoisotopic (exact) mass is 180 g/mol. The Labute approximate surface area is 76.4 Å². The summed E-state index contributed by atoms with van der Waals surface area (Å²) in [6.07, 6.45) is 4.14. The molecule has 1 aromatic carbocycles.